The molecule has 2 aromatic rings. The maximum atomic E-state index is 10.2. The minimum atomic E-state index is -0.178. The van der Waals surface area contributed by atoms with E-state index in [1.807, 2.05) is 12.3 Å². The van der Waals surface area contributed by atoms with Crippen LogP contribution in [-0.2, 0) is 20.8 Å². The number of nitrogens with zero attached hydrogens (tertiary/aromatic N) is 5. The first-order chi connectivity index (χ1) is 19.0. The summed E-state index contributed by atoms with van der Waals surface area (Å²) in [5.74, 6) is 2.34. The zero-order valence-electron chi connectivity index (χ0n) is 22.6. The van der Waals surface area contributed by atoms with Crippen LogP contribution in [0.2, 0.25) is 0 Å². The van der Waals surface area contributed by atoms with Crippen LogP contribution in [0.3, 0.4) is 0 Å². The second kappa shape index (κ2) is 11.3. The monoisotopic (exact) mass is 558 g/mol. The normalized spacial score (nSPS) is 27.5. The zero-order chi connectivity index (χ0) is 27.0. The van der Waals surface area contributed by atoms with Crippen molar-refractivity contribution in [3.05, 3.63) is 24.2 Å². The Balaban J connectivity index is 1.15. The fourth-order valence-corrected chi connectivity index (χ4v) is 7.16. The van der Waals surface area contributed by atoms with Gasteiger partial charge in [-0.3, -0.25) is 0 Å². The third-order valence-corrected chi connectivity index (χ3v) is 9.58. The van der Waals surface area contributed by atoms with Gasteiger partial charge in [-0.05, 0) is 32.3 Å². The van der Waals surface area contributed by atoms with Crippen LogP contribution in [0, 0.1) is 5.41 Å². The fraction of sp³-hybridized carbons (Fsp3) is 0.667. The van der Waals surface area contributed by atoms with Gasteiger partial charge in [-0.15, -0.1) is 0 Å². The van der Waals surface area contributed by atoms with Crippen molar-refractivity contribution in [2.75, 3.05) is 63.0 Å². The molecule has 3 fully saturated rings. The minimum Gasteiger partial charge on any atom is -0.486 e. The highest BCUT2D eigenvalue weighted by Crippen LogP contribution is 2.45. The molecule has 0 aromatic carbocycles. The van der Waals surface area contributed by atoms with Crippen molar-refractivity contribution in [1.82, 2.24) is 15.0 Å². The van der Waals surface area contributed by atoms with Crippen molar-refractivity contribution in [3.8, 4) is 5.75 Å². The molecule has 1 spiro atoms. The molecule has 4 aliphatic heterocycles. The van der Waals surface area contributed by atoms with Gasteiger partial charge in [0, 0.05) is 44.4 Å². The van der Waals surface area contributed by atoms with Gasteiger partial charge in [0.25, 0.3) is 0 Å². The summed E-state index contributed by atoms with van der Waals surface area (Å²) in [6.45, 7) is 6.77. The standard InChI is InChI=1S/C27H38N6O5S/c1-17-24(28)27(16-38-17)4-7-32(8-5-27)25-20(14-34)31-22(12-30-25)39-21-3-6-29-26-23(21)37-15-18-11-19(13-33(18)26)36-10-9-35-2/h3,6,12,17-19,24,34H,4-5,7-11,13-16,28H2,1-2H3. The van der Waals surface area contributed by atoms with E-state index in [2.05, 4.69) is 21.7 Å². The summed E-state index contributed by atoms with van der Waals surface area (Å²) >= 11 is 1.48. The van der Waals surface area contributed by atoms with Crippen molar-refractivity contribution < 1.29 is 24.1 Å². The first-order valence-electron chi connectivity index (χ1n) is 13.8. The first kappa shape index (κ1) is 27.0. The average molecular weight is 559 g/mol. The Labute approximate surface area is 233 Å². The minimum absolute atomic E-state index is 0.0311. The lowest BCUT2D eigenvalue weighted by Crippen LogP contribution is -2.51. The summed E-state index contributed by atoms with van der Waals surface area (Å²) in [5.41, 5.74) is 7.10. The average Bonchev–Trinajstić information content (AvgIpc) is 3.50. The van der Waals surface area contributed by atoms with Crippen LogP contribution < -0.4 is 20.3 Å². The summed E-state index contributed by atoms with van der Waals surface area (Å²) < 4.78 is 23.2. The van der Waals surface area contributed by atoms with Gasteiger partial charge in [-0.25, -0.2) is 15.0 Å². The number of pyridine rings is 1. The van der Waals surface area contributed by atoms with Gasteiger partial charge in [0.05, 0.1) is 55.8 Å². The van der Waals surface area contributed by atoms with Gasteiger partial charge in [0.2, 0.25) is 0 Å². The highest BCUT2D eigenvalue weighted by Gasteiger charge is 2.48. The maximum absolute atomic E-state index is 10.2. The quantitative estimate of drug-likeness (QED) is 0.459. The molecule has 0 radical (unpaired) electrons. The van der Waals surface area contributed by atoms with E-state index >= 15 is 0 Å². The highest BCUT2D eigenvalue weighted by molar-refractivity contribution is 7.99. The van der Waals surface area contributed by atoms with E-state index in [0.717, 1.165) is 67.8 Å². The number of piperidine rings is 1. The topological polar surface area (TPSA) is 128 Å². The molecule has 4 atom stereocenters. The van der Waals surface area contributed by atoms with Crippen molar-refractivity contribution in [1.29, 1.82) is 0 Å². The molecule has 0 saturated carbocycles. The molecule has 12 heteroatoms. The predicted molar refractivity (Wildman–Crippen MR) is 146 cm³/mol. The summed E-state index contributed by atoms with van der Waals surface area (Å²) in [4.78, 5) is 19.6. The summed E-state index contributed by atoms with van der Waals surface area (Å²) in [6, 6.07) is 2.24. The number of ether oxygens (including phenoxy) is 4. The molecule has 11 nitrogen and oxygen atoms in total. The second-order valence-corrected chi connectivity index (χ2v) is 12.0. The largest absolute Gasteiger partial charge is 0.486 e. The molecule has 6 heterocycles. The van der Waals surface area contributed by atoms with Gasteiger partial charge in [0.1, 0.15) is 17.3 Å². The number of fused-ring (bicyclic) bond motifs is 3. The summed E-state index contributed by atoms with van der Waals surface area (Å²) in [5, 5.41) is 10.9. The van der Waals surface area contributed by atoms with Crippen molar-refractivity contribution in [2.24, 2.45) is 11.1 Å². The number of methoxy groups -OCH3 is 1. The molecule has 0 amide bonds. The molecular formula is C27H38N6O5S. The lowest BCUT2D eigenvalue weighted by Gasteiger charge is -2.41. The Bertz CT molecular complexity index is 1170. The van der Waals surface area contributed by atoms with Gasteiger partial charge in [-0.2, -0.15) is 0 Å². The van der Waals surface area contributed by atoms with Gasteiger partial charge in [-0.1, -0.05) is 11.8 Å². The molecule has 0 bridgehead atoms. The first-order valence-corrected chi connectivity index (χ1v) is 14.6. The number of rotatable bonds is 8. The molecule has 212 valence electrons. The van der Waals surface area contributed by atoms with E-state index in [1.165, 1.54) is 11.8 Å². The van der Waals surface area contributed by atoms with Crippen LogP contribution in [0.15, 0.2) is 28.4 Å². The van der Waals surface area contributed by atoms with E-state index in [-0.39, 0.29) is 36.3 Å². The number of anilines is 2. The molecule has 0 aliphatic carbocycles. The predicted octanol–water partition coefficient (Wildman–Crippen LogP) is 1.85. The number of aliphatic hydroxyl groups excluding tert-OH is 1. The lowest BCUT2D eigenvalue weighted by molar-refractivity contribution is 0.0261. The molecular weight excluding hydrogens is 520 g/mol. The number of aliphatic hydroxyl groups is 1. The van der Waals surface area contributed by atoms with Gasteiger partial charge >= 0.3 is 0 Å². The van der Waals surface area contributed by atoms with Gasteiger partial charge < -0.3 is 39.6 Å². The Morgan fingerprint density at radius 3 is 2.82 bits per heavy atom. The van der Waals surface area contributed by atoms with Crippen LogP contribution >= 0.6 is 11.8 Å². The fourth-order valence-electron chi connectivity index (χ4n) is 6.30. The summed E-state index contributed by atoms with van der Waals surface area (Å²) in [6.07, 6.45) is 6.61. The Hall–Kier alpha value is -2.22. The molecule has 39 heavy (non-hydrogen) atoms. The third-order valence-electron chi connectivity index (χ3n) is 8.63. The molecule has 4 aliphatic rings. The van der Waals surface area contributed by atoms with Crippen LogP contribution in [0.25, 0.3) is 0 Å². The zero-order valence-corrected chi connectivity index (χ0v) is 23.4. The van der Waals surface area contributed by atoms with Crippen molar-refractivity contribution in [2.45, 2.75) is 67.0 Å². The van der Waals surface area contributed by atoms with Crippen molar-refractivity contribution >= 4 is 23.4 Å². The van der Waals surface area contributed by atoms with Crippen LogP contribution in [-0.4, -0.2) is 97.5 Å². The summed E-state index contributed by atoms with van der Waals surface area (Å²) in [7, 11) is 1.68. The Kier molecular flexibility index (Phi) is 7.84. The molecule has 2 aromatic heterocycles. The van der Waals surface area contributed by atoms with Gasteiger partial charge in [0.15, 0.2) is 17.4 Å². The Morgan fingerprint density at radius 2 is 2.08 bits per heavy atom. The van der Waals surface area contributed by atoms with E-state index in [1.54, 1.807) is 13.3 Å². The third kappa shape index (κ3) is 5.18. The van der Waals surface area contributed by atoms with Crippen LogP contribution in [0.1, 0.15) is 31.9 Å². The molecule has 6 rings (SSSR count). The van der Waals surface area contributed by atoms with Crippen LogP contribution in [0.5, 0.6) is 5.75 Å². The van der Waals surface area contributed by atoms with E-state index < -0.39 is 0 Å². The molecule has 3 N–H and O–H groups in total. The van der Waals surface area contributed by atoms with Crippen molar-refractivity contribution in [3.63, 3.8) is 0 Å². The van der Waals surface area contributed by atoms with E-state index in [9.17, 15) is 5.11 Å². The second-order valence-electron chi connectivity index (χ2n) is 10.9. The number of hydrogen-bond acceptors (Lipinski definition) is 12. The smallest absolute Gasteiger partial charge is 0.175 e. The maximum Gasteiger partial charge on any atom is 0.175 e. The molecule has 4 unspecified atom stereocenters. The molecule has 3 saturated heterocycles. The number of hydrogen-bond donors (Lipinski definition) is 2. The lowest BCUT2D eigenvalue weighted by atomic mass is 9.73. The van der Waals surface area contributed by atoms with E-state index in [0.29, 0.717) is 30.5 Å². The Morgan fingerprint density at radius 1 is 1.23 bits per heavy atom. The number of nitrogens with two attached hydrogens (primary N) is 1. The highest BCUT2D eigenvalue weighted by atomic mass is 32.2. The SMILES string of the molecule is COCCOC1CC2COc3c(Sc4cnc(N5CCC6(CC5)COC(C)C6N)c(CO)n4)ccnc3N2C1. The van der Waals surface area contributed by atoms with Crippen LogP contribution in [0.4, 0.5) is 11.6 Å². The van der Waals surface area contributed by atoms with E-state index in [4.69, 9.17) is 34.6 Å². The number of aromatic nitrogens is 3.